The molecular formula is C55H71N10O18P3+2. The number of rotatable bonds is 20. The number of aliphatic hydroxyl groups excluding tert-OH is 1. The summed E-state index contributed by atoms with van der Waals surface area (Å²) in [6.07, 6.45) is -2.03. The van der Waals surface area contributed by atoms with Crippen molar-refractivity contribution in [3.63, 3.8) is 0 Å². The third-order valence-electron chi connectivity index (χ3n) is 15.4. The van der Waals surface area contributed by atoms with E-state index >= 15 is 0 Å². The number of H-pyrrole nitrogens is 1. The van der Waals surface area contributed by atoms with Crippen LogP contribution in [-0.2, 0) is 48.2 Å². The van der Waals surface area contributed by atoms with Gasteiger partial charge in [-0.15, -0.1) is 0 Å². The molecule has 2 aromatic heterocycles. The number of amides is 3. The van der Waals surface area contributed by atoms with Crippen molar-refractivity contribution in [3.05, 3.63) is 116 Å². The Morgan fingerprint density at radius 3 is 2.30 bits per heavy atom. The summed E-state index contributed by atoms with van der Waals surface area (Å²) in [5.41, 5.74) is 12.8. The minimum Gasteiger partial charge on any atom is -0.456 e. The van der Waals surface area contributed by atoms with Crippen molar-refractivity contribution < 1.29 is 84.7 Å². The maximum Gasteiger partial charge on any atom is 0.490 e. The van der Waals surface area contributed by atoms with E-state index in [2.05, 4.69) is 131 Å². The Bertz CT molecular complexity index is 4010. The Morgan fingerprint density at radius 2 is 1.60 bits per heavy atom. The number of carbonyl (C=O) groups excluding carboxylic acids is 3. The number of hydrogen-bond acceptors (Lipinski definition) is 17. The van der Waals surface area contributed by atoms with Crippen LogP contribution in [0.5, 0.6) is 11.5 Å². The van der Waals surface area contributed by atoms with E-state index in [0.717, 1.165) is 67.3 Å². The lowest BCUT2D eigenvalue weighted by Crippen LogP contribution is -2.49. The van der Waals surface area contributed by atoms with Crippen molar-refractivity contribution >= 4 is 80.9 Å². The summed E-state index contributed by atoms with van der Waals surface area (Å²) >= 11 is 0. The molecule has 462 valence electrons. The number of nitrogens with one attached hydrogen (secondary N) is 3. The van der Waals surface area contributed by atoms with Gasteiger partial charge in [0.25, 0.3) is 17.4 Å². The number of nitrogens with zero attached hydrogens (tertiary/aromatic N) is 6. The van der Waals surface area contributed by atoms with E-state index in [1.54, 1.807) is 11.9 Å². The second kappa shape index (κ2) is 24.0. The lowest BCUT2D eigenvalue weighted by Gasteiger charge is -2.43. The topological polar surface area (TPSA) is 373 Å². The second-order valence-electron chi connectivity index (χ2n) is 22.4. The molecule has 0 spiro atoms. The zero-order valence-electron chi connectivity index (χ0n) is 49.0. The summed E-state index contributed by atoms with van der Waals surface area (Å²) in [5.74, 6) is 0.361. The Morgan fingerprint density at radius 1 is 0.907 bits per heavy atom. The fourth-order valence-corrected chi connectivity index (χ4v) is 15.0. The molecule has 2 unspecified atom stereocenters. The molecule has 0 saturated carbocycles. The van der Waals surface area contributed by atoms with Gasteiger partial charge in [-0.05, 0) is 88.9 Å². The number of phosphoric acid groups is 3. The first kappa shape index (κ1) is 63.6. The number of hydrogen-bond donors (Lipinski definition) is 9. The summed E-state index contributed by atoms with van der Waals surface area (Å²) in [4.78, 5) is 102. The predicted molar refractivity (Wildman–Crippen MR) is 314 cm³/mol. The monoisotopic (exact) mass is 1250 g/mol. The van der Waals surface area contributed by atoms with E-state index in [-0.39, 0.29) is 66.6 Å². The molecule has 3 amide bonds. The lowest BCUT2D eigenvalue weighted by molar-refractivity contribution is -0.745. The van der Waals surface area contributed by atoms with Gasteiger partial charge in [-0.1, -0.05) is 29.3 Å². The van der Waals surface area contributed by atoms with Crippen LogP contribution < -0.4 is 51.3 Å². The van der Waals surface area contributed by atoms with Crippen LogP contribution in [0.3, 0.4) is 0 Å². The van der Waals surface area contributed by atoms with Crippen molar-refractivity contribution in [2.45, 2.75) is 104 Å². The van der Waals surface area contributed by atoms with E-state index in [9.17, 15) is 47.8 Å². The van der Waals surface area contributed by atoms with Crippen LogP contribution in [0.1, 0.15) is 107 Å². The largest absolute Gasteiger partial charge is 0.490 e. The number of allylic oxidation sites excluding steroid dienone is 2. The number of aliphatic hydroxyl groups is 1. The highest BCUT2D eigenvalue weighted by molar-refractivity contribution is 7.66. The molecule has 4 aliphatic rings. The first-order valence-corrected chi connectivity index (χ1v) is 32.1. The van der Waals surface area contributed by atoms with Gasteiger partial charge in [-0.25, -0.2) is 27.6 Å². The highest BCUT2D eigenvalue weighted by atomic mass is 31.3. The van der Waals surface area contributed by atoms with Crippen LogP contribution in [-0.4, -0.2) is 138 Å². The molecule has 31 heteroatoms. The third-order valence-corrected chi connectivity index (χ3v) is 19.2. The van der Waals surface area contributed by atoms with Gasteiger partial charge in [-0.3, -0.25) is 28.5 Å². The zero-order chi connectivity index (χ0) is 62.7. The number of likely N-dealkylation sites (N-methyl/N-ethyl adjacent to an activating group) is 2. The number of nitrogen functional groups attached to an aromatic ring is 1. The first-order valence-electron chi connectivity index (χ1n) is 27.5. The van der Waals surface area contributed by atoms with Crippen LogP contribution in [0.2, 0.25) is 0 Å². The average Bonchev–Trinajstić information content (AvgIpc) is 0.878. The number of aromatic nitrogens is 4. The van der Waals surface area contributed by atoms with Crippen molar-refractivity contribution in [2.24, 2.45) is 7.05 Å². The number of benzene rings is 3. The van der Waals surface area contributed by atoms with Crippen molar-refractivity contribution in [2.75, 3.05) is 57.0 Å². The van der Waals surface area contributed by atoms with Gasteiger partial charge < -0.3 is 65.1 Å². The smallest absolute Gasteiger partial charge is 0.456 e. The molecule has 86 heavy (non-hydrogen) atoms. The standard InChI is InChI=1S/C55H69N10O18P3/c1-11-64-38-24-40-36(22-34(38)30(3)26-54(64,5)6)44(37-23-35-31(4)27-55(7,8)65(12-2)39(35)25-41(37)79-40)32-16-13-14-17-33(32)50(69)61(9)21-15-18-43(66)57-19-20-58-53(70)81-47-42(28-78-85(74,75)83-86(76,77)82-84(71,72)73)80-51(46(47)67)63-29-62(10)45-48(63)59-52(56)60-49(45)68/h13-14,16-17,22-27,29,42,46-47,51,67H,11-12,15,18-21,28H2,1-10H3,(H7-2,56,57,58,59,60,66,68,70,71,72,73,74,75,76,77)/p+2/t42-,46-,47-,51-/m1/s1. The number of ether oxygens (including phenoxy) is 3. The zero-order valence-corrected chi connectivity index (χ0v) is 51.6. The van der Waals surface area contributed by atoms with Gasteiger partial charge >= 0.3 is 35.2 Å². The highest BCUT2D eigenvalue weighted by Gasteiger charge is 2.52. The molecule has 4 aliphatic heterocycles. The van der Waals surface area contributed by atoms with Gasteiger partial charge in [0.05, 0.1) is 25.3 Å². The quantitative estimate of drug-likeness (QED) is 0.0300. The van der Waals surface area contributed by atoms with Crippen molar-refractivity contribution in [3.8, 4) is 11.5 Å². The molecule has 28 nitrogen and oxygen atoms in total. The normalized spacial score (nSPS) is 20.7. The highest BCUT2D eigenvalue weighted by Crippen LogP contribution is 2.66. The number of aromatic amines is 1. The van der Waals surface area contributed by atoms with Gasteiger partial charge in [-0.2, -0.15) is 8.62 Å². The summed E-state index contributed by atoms with van der Waals surface area (Å²) < 4.78 is 71.2. The van der Waals surface area contributed by atoms with Gasteiger partial charge in [0.1, 0.15) is 24.1 Å². The van der Waals surface area contributed by atoms with Crippen LogP contribution in [0.15, 0.2) is 71.8 Å². The average molecular weight is 1250 g/mol. The molecule has 1 fully saturated rings. The Kier molecular flexibility index (Phi) is 17.7. The van der Waals surface area contributed by atoms with Gasteiger partial charge in [0, 0.05) is 98.3 Å². The molecule has 0 bridgehead atoms. The number of anilines is 2. The SMILES string of the molecule is CCN1c2cc3c(cc2C(C)=CC1(C)C)C(c1ccccc1C(=O)N(C)CCCC(=O)NCCNC(=O)O[C@H]1[C@@H](O)[C@H]([n+]2cn(C)c4c(=O)[nH]c(N)nc42)O[C@@H]1COP(=O)(O)OP(=O)(O)OP(=O)(O)O)=c1cc2c(cc1O3)=[N+](CC)C(C)(C)C=C2C. The Hall–Kier alpha value is -6.90. The molecule has 5 aromatic rings. The van der Waals surface area contributed by atoms with E-state index in [0.29, 0.717) is 22.6 Å². The third kappa shape index (κ3) is 13.0. The van der Waals surface area contributed by atoms with Gasteiger partial charge in [0.2, 0.25) is 23.0 Å². The number of carbonyl (C=O) groups is 3. The number of alkyl carbamates (subject to hydrolysis) is 1. The first-order chi connectivity index (χ1) is 40.2. The van der Waals surface area contributed by atoms with Crippen LogP contribution in [0.25, 0.3) is 27.9 Å². The Labute approximate surface area is 493 Å². The van der Waals surface area contributed by atoms with Crippen molar-refractivity contribution in [1.82, 2.24) is 34.6 Å². The summed E-state index contributed by atoms with van der Waals surface area (Å²) in [6, 6.07) is 16.1. The minimum atomic E-state index is -5.93. The molecule has 9 rings (SSSR count). The molecular weight excluding hydrogens is 1180 g/mol. The van der Waals surface area contributed by atoms with Crippen LogP contribution >= 0.6 is 23.5 Å². The molecule has 1 saturated heterocycles. The molecule has 0 radical (unpaired) electrons. The predicted octanol–water partition coefficient (Wildman–Crippen LogP) is 3.58. The fourth-order valence-electron chi connectivity index (χ4n) is 11.9. The van der Waals surface area contributed by atoms with E-state index in [4.69, 9.17) is 34.3 Å². The maximum absolute atomic E-state index is 14.7. The van der Waals surface area contributed by atoms with E-state index in [1.807, 2.05) is 24.3 Å². The number of phosphoric ester groups is 1. The summed E-state index contributed by atoms with van der Waals surface area (Å²) in [7, 11) is -14.3. The summed E-state index contributed by atoms with van der Waals surface area (Å²) in [5, 5.41) is 18.5. The molecule has 6 atom stereocenters. The van der Waals surface area contributed by atoms with Crippen LogP contribution in [0.4, 0.5) is 16.4 Å². The van der Waals surface area contributed by atoms with Crippen molar-refractivity contribution in [1.29, 1.82) is 0 Å². The molecule has 10 N–H and O–H groups in total. The second-order valence-corrected chi connectivity index (χ2v) is 26.8. The lowest BCUT2D eigenvalue weighted by atomic mass is 9.83. The number of nitrogens with two attached hydrogens (primary N) is 1. The summed E-state index contributed by atoms with van der Waals surface area (Å²) in [6.45, 7) is 17.6. The minimum absolute atomic E-state index is 0.00517. The van der Waals surface area contributed by atoms with E-state index < -0.39 is 72.2 Å². The molecule has 6 heterocycles. The number of imidazole rings is 1. The molecule has 0 aliphatic carbocycles. The maximum atomic E-state index is 14.7. The molecule has 3 aromatic carbocycles. The number of aryl methyl sites for hydroxylation is 1. The fraction of sp³-hybridized carbons (Fsp3) is 0.436. The van der Waals surface area contributed by atoms with Gasteiger partial charge in [0.15, 0.2) is 24.1 Å². The van der Waals surface area contributed by atoms with Crippen LogP contribution in [0, 0.1) is 0 Å². The van der Waals surface area contributed by atoms with E-state index in [1.165, 1.54) is 17.9 Å². The Balaban J connectivity index is 0.869. The number of fused-ring (bicyclic) bond motifs is 5.